The van der Waals surface area contributed by atoms with Gasteiger partial charge in [0.1, 0.15) is 0 Å². The van der Waals surface area contributed by atoms with Crippen LogP contribution >= 0.6 is 0 Å². The number of anilines is 1. The molecule has 100 valence electrons. The van der Waals surface area contributed by atoms with E-state index >= 15 is 0 Å². The van der Waals surface area contributed by atoms with Crippen molar-refractivity contribution in [3.05, 3.63) is 24.3 Å². The zero-order valence-electron chi connectivity index (χ0n) is 10.9. The highest BCUT2D eigenvalue weighted by Crippen LogP contribution is 2.27. The Hall–Kier alpha value is -1.07. The number of likely N-dealkylation sites (N-methyl/N-ethyl adjacent to an activating group) is 1. The summed E-state index contributed by atoms with van der Waals surface area (Å²) in [5, 5.41) is 3.27. The molecule has 0 bridgehead atoms. The molecule has 1 aromatic carbocycles. The van der Waals surface area contributed by atoms with Crippen molar-refractivity contribution in [2.45, 2.75) is 23.8 Å². The fraction of sp³-hybridized carbons (Fsp3) is 0.538. The lowest BCUT2D eigenvalue weighted by molar-refractivity contribution is 0.448. The highest BCUT2D eigenvalue weighted by atomic mass is 32.2. The highest BCUT2D eigenvalue weighted by Gasteiger charge is 2.23. The standard InChI is InChI=1S/C13H20N2O2S/c1-14-11-6-5-9-15(10-11)12-7-3-4-8-13(12)18(2,16)17/h3-4,7-8,11,14H,5-6,9-10H2,1-2H3. The minimum atomic E-state index is -3.17. The van der Waals surface area contributed by atoms with Crippen molar-refractivity contribution in [3.8, 4) is 0 Å². The van der Waals surface area contributed by atoms with Gasteiger partial charge in [-0.25, -0.2) is 8.42 Å². The van der Waals surface area contributed by atoms with Crippen molar-refractivity contribution in [2.75, 3.05) is 31.3 Å². The van der Waals surface area contributed by atoms with Crippen molar-refractivity contribution in [2.24, 2.45) is 0 Å². The van der Waals surface area contributed by atoms with Crippen LogP contribution < -0.4 is 10.2 Å². The molecule has 0 amide bonds. The van der Waals surface area contributed by atoms with Crippen molar-refractivity contribution in [1.82, 2.24) is 5.32 Å². The Morgan fingerprint density at radius 1 is 1.33 bits per heavy atom. The van der Waals surface area contributed by atoms with Crippen LogP contribution in [0.2, 0.25) is 0 Å². The van der Waals surface area contributed by atoms with E-state index in [0.29, 0.717) is 10.9 Å². The van der Waals surface area contributed by atoms with Crippen LogP contribution in [0.4, 0.5) is 5.69 Å². The molecule has 1 aliphatic rings. The molecule has 1 atom stereocenters. The third-order valence-corrected chi connectivity index (χ3v) is 4.58. The van der Waals surface area contributed by atoms with Crippen LogP contribution in [0.5, 0.6) is 0 Å². The number of para-hydroxylation sites is 1. The van der Waals surface area contributed by atoms with Gasteiger partial charge in [-0.1, -0.05) is 12.1 Å². The molecule has 4 nitrogen and oxygen atoms in total. The molecular weight excluding hydrogens is 248 g/mol. The minimum absolute atomic E-state index is 0.432. The van der Waals surface area contributed by atoms with Gasteiger partial charge in [-0.2, -0.15) is 0 Å². The van der Waals surface area contributed by atoms with Gasteiger partial charge in [0, 0.05) is 25.4 Å². The first-order chi connectivity index (χ1) is 8.52. The second-order valence-electron chi connectivity index (χ2n) is 4.81. The zero-order chi connectivity index (χ0) is 13.2. The van der Waals surface area contributed by atoms with E-state index in [1.165, 1.54) is 6.26 Å². The smallest absolute Gasteiger partial charge is 0.177 e. The quantitative estimate of drug-likeness (QED) is 0.897. The summed E-state index contributed by atoms with van der Waals surface area (Å²) in [4.78, 5) is 2.60. The van der Waals surface area contributed by atoms with Gasteiger partial charge in [-0.15, -0.1) is 0 Å². The molecule has 1 aromatic rings. The van der Waals surface area contributed by atoms with Crippen LogP contribution in [0, 0.1) is 0 Å². The summed E-state index contributed by atoms with van der Waals surface area (Å²) >= 11 is 0. The van der Waals surface area contributed by atoms with Crippen molar-refractivity contribution in [3.63, 3.8) is 0 Å². The summed E-state index contributed by atoms with van der Waals surface area (Å²) < 4.78 is 23.6. The van der Waals surface area contributed by atoms with Gasteiger partial charge in [0.2, 0.25) is 0 Å². The van der Waals surface area contributed by atoms with E-state index in [1.54, 1.807) is 12.1 Å². The van der Waals surface area contributed by atoms with E-state index in [0.717, 1.165) is 31.6 Å². The monoisotopic (exact) mass is 268 g/mol. The molecule has 1 aliphatic heterocycles. The Labute approximate surface area is 109 Å². The van der Waals surface area contributed by atoms with E-state index in [2.05, 4.69) is 10.2 Å². The summed E-state index contributed by atoms with van der Waals surface area (Å²) in [5.74, 6) is 0. The summed E-state index contributed by atoms with van der Waals surface area (Å²) in [6, 6.07) is 7.69. The minimum Gasteiger partial charge on any atom is -0.369 e. The molecule has 0 saturated carbocycles. The number of piperidine rings is 1. The van der Waals surface area contributed by atoms with Crippen LogP contribution in [0.25, 0.3) is 0 Å². The fourth-order valence-corrected chi connectivity index (χ4v) is 3.37. The predicted molar refractivity (Wildman–Crippen MR) is 73.8 cm³/mol. The highest BCUT2D eigenvalue weighted by molar-refractivity contribution is 7.90. The molecule has 0 aliphatic carbocycles. The van der Waals surface area contributed by atoms with Gasteiger partial charge in [-0.05, 0) is 32.0 Å². The van der Waals surface area contributed by atoms with E-state index in [1.807, 2.05) is 19.2 Å². The van der Waals surface area contributed by atoms with Gasteiger partial charge < -0.3 is 10.2 Å². The number of hydrogen-bond donors (Lipinski definition) is 1. The second kappa shape index (κ2) is 5.28. The van der Waals surface area contributed by atoms with Gasteiger partial charge in [0.25, 0.3) is 0 Å². The molecule has 2 rings (SSSR count). The lowest BCUT2D eigenvalue weighted by atomic mass is 10.1. The number of nitrogens with zero attached hydrogens (tertiary/aromatic N) is 1. The average molecular weight is 268 g/mol. The Morgan fingerprint density at radius 3 is 2.72 bits per heavy atom. The summed E-state index contributed by atoms with van der Waals surface area (Å²) in [6.45, 7) is 1.79. The van der Waals surface area contributed by atoms with E-state index in [9.17, 15) is 8.42 Å². The molecule has 5 heteroatoms. The van der Waals surface area contributed by atoms with Crippen LogP contribution in [-0.2, 0) is 9.84 Å². The summed E-state index contributed by atoms with van der Waals surface area (Å²) in [7, 11) is -1.21. The maximum absolute atomic E-state index is 11.8. The molecule has 18 heavy (non-hydrogen) atoms. The Bertz CT molecular complexity index is 513. The maximum atomic E-state index is 11.8. The van der Waals surface area contributed by atoms with Crippen LogP contribution in [0.3, 0.4) is 0 Å². The Kier molecular flexibility index (Phi) is 3.92. The molecule has 0 radical (unpaired) electrons. The average Bonchev–Trinajstić information content (AvgIpc) is 2.38. The van der Waals surface area contributed by atoms with Gasteiger partial charge in [0.05, 0.1) is 10.6 Å². The first kappa shape index (κ1) is 13.4. The zero-order valence-corrected chi connectivity index (χ0v) is 11.7. The summed E-state index contributed by atoms with van der Waals surface area (Å²) in [5.41, 5.74) is 0.833. The van der Waals surface area contributed by atoms with Gasteiger partial charge in [-0.3, -0.25) is 0 Å². The molecule has 1 saturated heterocycles. The predicted octanol–water partition coefficient (Wildman–Crippen LogP) is 1.28. The van der Waals surface area contributed by atoms with Crippen LogP contribution in [-0.4, -0.2) is 40.9 Å². The van der Waals surface area contributed by atoms with Crippen molar-refractivity contribution in [1.29, 1.82) is 0 Å². The second-order valence-corrected chi connectivity index (χ2v) is 6.80. The molecule has 1 N–H and O–H groups in total. The Morgan fingerprint density at radius 2 is 2.06 bits per heavy atom. The van der Waals surface area contributed by atoms with Crippen LogP contribution in [0.1, 0.15) is 12.8 Å². The Balaban J connectivity index is 2.33. The lowest BCUT2D eigenvalue weighted by Gasteiger charge is -2.35. The SMILES string of the molecule is CNC1CCCN(c2ccccc2S(C)(=O)=O)C1. The topological polar surface area (TPSA) is 49.4 Å². The normalized spacial score (nSPS) is 21.0. The first-order valence-electron chi connectivity index (χ1n) is 6.23. The molecule has 1 heterocycles. The third-order valence-electron chi connectivity index (χ3n) is 3.44. The molecule has 0 spiro atoms. The number of nitrogens with one attached hydrogen (secondary N) is 1. The maximum Gasteiger partial charge on any atom is 0.177 e. The third kappa shape index (κ3) is 2.84. The van der Waals surface area contributed by atoms with Gasteiger partial charge >= 0.3 is 0 Å². The van der Waals surface area contributed by atoms with Crippen molar-refractivity contribution >= 4 is 15.5 Å². The number of hydrogen-bond acceptors (Lipinski definition) is 4. The lowest BCUT2D eigenvalue weighted by Crippen LogP contribution is -2.44. The van der Waals surface area contributed by atoms with Gasteiger partial charge in [0.15, 0.2) is 9.84 Å². The van der Waals surface area contributed by atoms with E-state index in [4.69, 9.17) is 0 Å². The molecular formula is C13H20N2O2S. The largest absolute Gasteiger partial charge is 0.369 e. The van der Waals surface area contributed by atoms with E-state index < -0.39 is 9.84 Å². The fourth-order valence-electron chi connectivity index (χ4n) is 2.46. The summed E-state index contributed by atoms with van der Waals surface area (Å²) in [6.07, 6.45) is 3.50. The number of benzene rings is 1. The molecule has 1 fully saturated rings. The van der Waals surface area contributed by atoms with E-state index in [-0.39, 0.29) is 0 Å². The van der Waals surface area contributed by atoms with Crippen molar-refractivity contribution < 1.29 is 8.42 Å². The number of rotatable bonds is 3. The first-order valence-corrected chi connectivity index (χ1v) is 8.13. The van der Waals surface area contributed by atoms with Crippen LogP contribution in [0.15, 0.2) is 29.2 Å². The number of sulfone groups is 1. The molecule has 0 aromatic heterocycles. The molecule has 1 unspecified atom stereocenters.